The number of nitrogens with one attached hydrogen (secondary N) is 1. The summed E-state index contributed by atoms with van der Waals surface area (Å²) in [5.41, 5.74) is 2.31. The molecule has 1 aliphatic rings. The van der Waals surface area contributed by atoms with Gasteiger partial charge in [0.05, 0.1) is 11.1 Å². The Morgan fingerprint density at radius 2 is 1.95 bits per heavy atom. The lowest BCUT2D eigenvalue weighted by atomic mass is 10.2. The SMILES string of the molecule is CCCCn1c(=O)c2[nH]c(-c3ccc(N(CC4CCCS4)C(=O)c4ccc(Cl)nc4)nc3)cc2n(CCC)c1=O. The lowest BCUT2D eigenvalue weighted by Crippen LogP contribution is -2.40. The van der Waals surface area contributed by atoms with Crippen LogP contribution < -0.4 is 16.1 Å². The van der Waals surface area contributed by atoms with Crippen LogP contribution >= 0.6 is 23.4 Å². The molecule has 0 saturated carbocycles. The molecule has 1 fully saturated rings. The van der Waals surface area contributed by atoms with Gasteiger partial charge in [0.25, 0.3) is 11.5 Å². The Morgan fingerprint density at radius 1 is 1.10 bits per heavy atom. The van der Waals surface area contributed by atoms with Gasteiger partial charge in [-0.25, -0.2) is 14.8 Å². The van der Waals surface area contributed by atoms with Gasteiger partial charge in [-0.2, -0.15) is 11.8 Å². The Bertz CT molecular complexity index is 1600. The Morgan fingerprint density at radius 3 is 2.60 bits per heavy atom. The highest BCUT2D eigenvalue weighted by atomic mass is 35.5. The number of carbonyl (C=O) groups is 1. The first-order valence-corrected chi connectivity index (χ1v) is 15.2. The number of rotatable bonds is 10. The summed E-state index contributed by atoms with van der Waals surface area (Å²) in [6, 6.07) is 8.83. The number of aromatic amines is 1. The van der Waals surface area contributed by atoms with Crippen LogP contribution in [0.4, 0.5) is 5.82 Å². The number of nitrogens with zero attached hydrogens (tertiary/aromatic N) is 5. The molecule has 1 saturated heterocycles. The zero-order valence-electron chi connectivity index (χ0n) is 22.7. The van der Waals surface area contributed by atoms with E-state index >= 15 is 0 Å². The molecule has 40 heavy (non-hydrogen) atoms. The quantitative estimate of drug-likeness (QED) is 0.253. The Labute approximate surface area is 241 Å². The van der Waals surface area contributed by atoms with E-state index in [2.05, 4.69) is 15.0 Å². The number of hydrogen-bond acceptors (Lipinski definition) is 6. The van der Waals surface area contributed by atoms with Crippen LogP contribution in [0, 0.1) is 0 Å². The second-order valence-electron chi connectivity index (χ2n) is 10.0. The Kier molecular flexibility index (Phi) is 8.75. The molecule has 0 radical (unpaired) electrons. The predicted molar refractivity (Wildman–Crippen MR) is 162 cm³/mol. The fraction of sp³-hybridized carbons (Fsp3) is 0.414. The lowest BCUT2D eigenvalue weighted by molar-refractivity contribution is 0.0986. The number of anilines is 1. The van der Waals surface area contributed by atoms with Gasteiger partial charge in [0.1, 0.15) is 16.5 Å². The number of pyridine rings is 2. The van der Waals surface area contributed by atoms with E-state index in [1.807, 2.05) is 43.8 Å². The van der Waals surface area contributed by atoms with Gasteiger partial charge in [0, 0.05) is 48.5 Å². The molecular weight excluding hydrogens is 548 g/mol. The molecule has 1 N–H and O–H groups in total. The Hall–Kier alpha value is -3.37. The molecule has 0 spiro atoms. The number of H-pyrrole nitrogens is 1. The third-order valence-corrected chi connectivity index (χ3v) is 8.76. The van der Waals surface area contributed by atoms with Crippen molar-refractivity contribution in [1.82, 2.24) is 24.1 Å². The zero-order valence-corrected chi connectivity index (χ0v) is 24.3. The number of halogens is 1. The number of thioether (sulfide) groups is 1. The highest BCUT2D eigenvalue weighted by Gasteiger charge is 2.26. The molecule has 4 aromatic heterocycles. The van der Waals surface area contributed by atoms with Crippen molar-refractivity contribution < 1.29 is 4.79 Å². The van der Waals surface area contributed by atoms with E-state index in [4.69, 9.17) is 11.6 Å². The molecule has 1 amide bonds. The molecule has 0 bridgehead atoms. The number of unbranched alkanes of at least 4 members (excludes halogenated alkanes) is 1. The van der Waals surface area contributed by atoms with E-state index < -0.39 is 0 Å². The molecular formula is C29H33ClN6O3S. The van der Waals surface area contributed by atoms with Gasteiger partial charge in [0.15, 0.2) is 0 Å². The summed E-state index contributed by atoms with van der Waals surface area (Å²) < 4.78 is 3.01. The third kappa shape index (κ3) is 5.74. The number of carbonyl (C=O) groups excluding carboxylic acids is 1. The highest BCUT2D eigenvalue weighted by Crippen LogP contribution is 2.30. The average molecular weight is 581 g/mol. The molecule has 9 nitrogen and oxygen atoms in total. The maximum Gasteiger partial charge on any atom is 0.331 e. The summed E-state index contributed by atoms with van der Waals surface area (Å²) in [5, 5.41) is 0.668. The second kappa shape index (κ2) is 12.4. The predicted octanol–water partition coefficient (Wildman–Crippen LogP) is 5.35. The summed E-state index contributed by atoms with van der Waals surface area (Å²) in [4.78, 5) is 53.6. The first kappa shape index (κ1) is 28.2. The first-order chi connectivity index (χ1) is 19.4. The van der Waals surface area contributed by atoms with Gasteiger partial charge in [-0.3, -0.25) is 23.6 Å². The summed E-state index contributed by atoms with van der Waals surface area (Å²) in [6.45, 7) is 5.50. The minimum atomic E-state index is -0.306. The molecule has 5 heterocycles. The van der Waals surface area contributed by atoms with Crippen molar-refractivity contribution >= 4 is 46.1 Å². The van der Waals surface area contributed by atoms with E-state index in [9.17, 15) is 14.4 Å². The van der Waals surface area contributed by atoms with Crippen LogP contribution in [0.5, 0.6) is 0 Å². The van der Waals surface area contributed by atoms with Crippen molar-refractivity contribution in [3.63, 3.8) is 0 Å². The van der Waals surface area contributed by atoms with Crippen LogP contribution in [0.2, 0.25) is 5.15 Å². The molecule has 0 aromatic carbocycles. The van der Waals surface area contributed by atoms with Gasteiger partial charge < -0.3 is 4.98 Å². The van der Waals surface area contributed by atoms with E-state index in [0.29, 0.717) is 58.1 Å². The van der Waals surface area contributed by atoms with Crippen LogP contribution in [0.3, 0.4) is 0 Å². The van der Waals surface area contributed by atoms with Gasteiger partial charge in [-0.05, 0) is 61.8 Å². The first-order valence-electron chi connectivity index (χ1n) is 13.8. The summed E-state index contributed by atoms with van der Waals surface area (Å²) in [5.74, 6) is 1.45. The molecule has 11 heteroatoms. The van der Waals surface area contributed by atoms with Gasteiger partial charge in [-0.15, -0.1) is 0 Å². The van der Waals surface area contributed by atoms with E-state index in [-0.39, 0.29) is 17.2 Å². The van der Waals surface area contributed by atoms with E-state index in [1.165, 1.54) is 10.8 Å². The fourth-order valence-electron chi connectivity index (χ4n) is 5.03. The lowest BCUT2D eigenvalue weighted by Gasteiger charge is -2.24. The maximum atomic E-state index is 13.5. The minimum absolute atomic E-state index is 0.182. The average Bonchev–Trinajstić information content (AvgIpc) is 3.65. The van der Waals surface area contributed by atoms with Crippen LogP contribution in [0.1, 0.15) is 56.3 Å². The van der Waals surface area contributed by atoms with Crippen LogP contribution in [-0.4, -0.2) is 47.5 Å². The van der Waals surface area contributed by atoms with Crippen molar-refractivity contribution in [2.24, 2.45) is 0 Å². The fourth-order valence-corrected chi connectivity index (χ4v) is 6.40. The number of aryl methyl sites for hydroxylation is 1. The molecule has 0 aliphatic carbocycles. The van der Waals surface area contributed by atoms with E-state index in [0.717, 1.165) is 43.4 Å². The van der Waals surface area contributed by atoms with Crippen LogP contribution in [0.25, 0.3) is 22.3 Å². The van der Waals surface area contributed by atoms with Gasteiger partial charge in [-0.1, -0.05) is 31.9 Å². The van der Waals surface area contributed by atoms with Crippen molar-refractivity contribution in [3.8, 4) is 11.3 Å². The smallest absolute Gasteiger partial charge is 0.331 e. The summed E-state index contributed by atoms with van der Waals surface area (Å²) in [7, 11) is 0. The van der Waals surface area contributed by atoms with Gasteiger partial charge in [0.2, 0.25) is 0 Å². The van der Waals surface area contributed by atoms with Crippen LogP contribution in [0.15, 0.2) is 52.3 Å². The molecule has 1 unspecified atom stereocenters. The van der Waals surface area contributed by atoms with Gasteiger partial charge >= 0.3 is 5.69 Å². The van der Waals surface area contributed by atoms with Crippen molar-refractivity contribution in [3.05, 3.63) is 74.3 Å². The number of amides is 1. The molecule has 1 atom stereocenters. The maximum absolute atomic E-state index is 13.5. The summed E-state index contributed by atoms with van der Waals surface area (Å²) in [6.07, 6.45) is 7.78. The van der Waals surface area contributed by atoms with Crippen molar-refractivity contribution in [1.29, 1.82) is 0 Å². The molecule has 5 rings (SSSR count). The normalized spacial score (nSPS) is 15.1. The van der Waals surface area contributed by atoms with Crippen molar-refractivity contribution in [2.45, 2.75) is 64.3 Å². The molecule has 1 aliphatic heterocycles. The summed E-state index contributed by atoms with van der Waals surface area (Å²) >= 11 is 7.81. The molecule has 4 aromatic rings. The third-order valence-electron chi connectivity index (χ3n) is 7.16. The monoisotopic (exact) mass is 580 g/mol. The Balaban J connectivity index is 1.50. The number of aromatic nitrogens is 5. The topological polar surface area (TPSA) is 106 Å². The highest BCUT2D eigenvalue weighted by molar-refractivity contribution is 8.00. The molecule has 210 valence electrons. The standard InChI is InChI=1S/C29H33ClN6O3S/c1-3-5-13-35-28(38)26-23(34(12-4-2)29(35)39)15-22(33-26)19-9-11-25(32-16-19)36(18-21-7-6-14-40-21)27(37)20-8-10-24(30)31-17-20/h8-11,15-17,21,33H,3-7,12-14,18H2,1-2H3. The second-order valence-corrected chi connectivity index (χ2v) is 11.8. The van der Waals surface area contributed by atoms with Crippen molar-refractivity contribution in [2.75, 3.05) is 17.2 Å². The largest absolute Gasteiger partial charge is 0.349 e. The number of fused-ring (bicyclic) bond motifs is 1. The number of hydrogen-bond donors (Lipinski definition) is 1. The minimum Gasteiger partial charge on any atom is -0.349 e. The zero-order chi connectivity index (χ0) is 28.2. The van der Waals surface area contributed by atoms with Crippen LogP contribution in [-0.2, 0) is 13.1 Å². The van der Waals surface area contributed by atoms with E-state index in [1.54, 1.807) is 27.8 Å².